The van der Waals surface area contributed by atoms with Crippen molar-refractivity contribution in [2.24, 2.45) is 0 Å². The van der Waals surface area contributed by atoms with E-state index in [9.17, 15) is 29.6 Å². The Bertz CT molecular complexity index is 889. The van der Waals surface area contributed by atoms with Crippen molar-refractivity contribution in [2.75, 3.05) is 4.90 Å². The number of carbonyl (C=O) groups excluding carboxylic acids is 3. The lowest BCUT2D eigenvalue weighted by molar-refractivity contribution is -0.384. The monoisotopic (exact) mass is 311 g/mol. The van der Waals surface area contributed by atoms with Crippen LogP contribution in [0.5, 0.6) is 0 Å². The fourth-order valence-corrected chi connectivity index (χ4v) is 2.39. The first kappa shape index (κ1) is 14.4. The average Bonchev–Trinajstić information content (AvgIpc) is 2.78. The number of anilines is 1. The van der Waals surface area contributed by atoms with Gasteiger partial charge in [0.05, 0.1) is 22.0 Å². The third-order valence-corrected chi connectivity index (χ3v) is 3.44. The van der Waals surface area contributed by atoms with E-state index in [1.807, 2.05) is 0 Å². The van der Waals surface area contributed by atoms with E-state index in [-0.39, 0.29) is 22.4 Å². The molecule has 0 N–H and O–H groups in total. The predicted octanol–water partition coefficient (Wildman–Crippen LogP) is 0.759. The van der Waals surface area contributed by atoms with Gasteiger partial charge in [-0.05, 0) is 23.8 Å². The molecule has 0 radical (unpaired) electrons. The molecule has 8 nitrogen and oxygen atoms in total. The van der Waals surface area contributed by atoms with Gasteiger partial charge >= 0.3 is 0 Å². The highest BCUT2D eigenvalue weighted by Gasteiger charge is 2.39. The Kier molecular flexibility index (Phi) is 3.14. The minimum absolute atomic E-state index is 0.0156. The number of carboxylic acids is 1. The molecule has 0 atom stereocenters. The molecule has 3 rings (SSSR count). The van der Waals surface area contributed by atoms with E-state index in [2.05, 4.69) is 0 Å². The smallest absolute Gasteiger partial charge is 0.293 e. The van der Waals surface area contributed by atoms with Crippen LogP contribution >= 0.6 is 0 Å². The van der Waals surface area contributed by atoms with Crippen LogP contribution in [0.2, 0.25) is 0 Å². The second-order valence-electron chi connectivity index (χ2n) is 4.74. The molecule has 0 aliphatic carbocycles. The van der Waals surface area contributed by atoms with Crippen LogP contribution in [-0.2, 0) is 0 Å². The zero-order valence-electron chi connectivity index (χ0n) is 11.4. The molecule has 2 amide bonds. The summed E-state index contributed by atoms with van der Waals surface area (Å²) in [7, 11) is 0. The minimum Gasteiger partial charge on any atom is -0.545 e. The zero-order valence-corrected chi connectivity index (χ0v) is 11.4. The number of hydrogen-bond donors (Lipinski definition) is 0. The SMILES string of the molecule is O=C([O-])c1ccc2c(c1)C(=O)N(c1ccccc1[N+](=O)[O-])C2=O. The number of hydrogen-bond acceptors (Lipinski definition) is 6. The van der Waals surface area contributed by atoms with E-state index in [0.29, 0.717) is 4.90 Å². The van der Waals surface area contributed by atoms with Gasteiger partial charge in [0.15, 0.2) is 0 Å². The van der Waals surface area contributed by atoms with Crippen LogP contribution in [0.25, 0.3) is 0 Å². The van der Waals surface area contributed by atoms with Gasteiger partial charge in [0.1, 0.15) is 5.69 Å². The number of nitrogens with zero attached hydrogens (tertiary/aromatic N) is 2. The van der Waals surface area contributed by atoms with Crippen molar-refractivity contribution in [1.29, 1.82) is 0 Å². The first-order valence-electron chi connectivity index (χ1n) is 6.39. The van der Waals surface area contributed by atoms with E-state index < -0.39 is 28.4 Å². The first-order chi connectivity index (χ1) is 10.9. The van der Waals surface area contributed by atoms with Crippen LogP contribution in [0, 0.1) is 10.1 Å². The Balaban J connectivity index is 2.15. The highest BCUT2D eigenvalue weighted by molar-refractivity contribution is 6.35. The summed E-state index contributed by atoms with van der Waals surface area (Å²) in [5.41, 5.74) is -0.969. The minimum atomic E-state index is -1.49. The highest BCUT2D eigenvalue weighted by Crippen LogP contribution is 2.34. The van der Waals surface area contributed by atoms with Gasteiger partial charge in [-0.25, -0.2) is 4.90 Å². The van der Waals surface area contributed by atoms with Gasteiger partial charge in [0.2, 0.25) is 0 Å². The van der Waals surface area contributed by atoms with Gasteiger partial charge in [-0.2, -0.15) is 0 Å². The Morgan fingerprint density at radius 3 is 2.30 bits per heavy atom. The molecule has 1 aliphatic heterocycles. The quantitative estimate of drug-likeness (QED) is 0.468. The number of rotatable bonds is 3. The van der Waals surface area contributed by atoms with Crippen LogP contribution in [0.3, 0.4) is 0 Å². The van der Waals surface area contributed by atoms with Crippen LogP contribution < -0.4 is 10.0 Å². The van der Waals surface area contributed by atoms with Crippen molar-refractivity contribution in [3.8, 4) is 0 Å². The number of nitro groups is 1. The maximum Gasteiger partial charge on any atom is 0.293 e. The lowest BCUT2D eigenvalue weighted by atomic mass is 10.1. The van der Waals surface area contributed by atoms with Crippen molar-refractivity contribution in [3.05, 3.63) is 69.3 Å². The van der Waals surface area contributed by atoms with Crippen LogP contribution in [0.15, 0.2) is 42.5 Å². The summed E-state index contributed by atoms with van der Waals surface area (Å²) >= 11 is 0. The number of fused-ring (bicyclic) bond motifs is 1. The zero-order chi connectivity index (χ0) is 16.7. The standard InChI is InChI=1S/C15H8N2O6/c18-13-9-6-5-8(15(20)21)7-10(9)14(19)16(13)11-3-1-2-4-12(11)17(22)23/h1-7H,(H,20,21)/p-1. The molecule has 1 aliphatic rings. The van der Waals surface area contributed by atoms with Crippen LogP contribution in [0.1, 0.15) is 31.1 Å². The summed E-state index contributed by atoms with van der Waals surface area (Å²) < 4.78 is 0. The second kappa shape index (κ2) is 5.02. The number of nitro benzene ring substituents is 1. The maximum absolute atomic E-state index is 12.4. The summed E-state index contributed by atoms with van der Waals surface area (Å²) in [6.07, 6.45) is 0. The molecule has 0 aromatic heterocycles. The van der Waals surface area contributed by atoms with Crippen molar-refractivity contribution in [3.63, 3.8) is 0 Å². The molecule has 0 saturated heterocycles. The molecule has 0 spiro atoms. The van der Waals surface area contributed by atoms with Crippen LogP contribution in [0.4, 0.5) is 11.4 Å². The molecule has 1 heterocycles. The van der Waals surface area contributed by atoms with E-state index in [4.69, 9.17) is 0 Å². The fraction of sp³-hybridized carbons (Fsp3) is 0. The van der Waals surface area contributed by atoms with Crippen molar-refractivity contribution < 1.29 is 24.4 Å². The third-order valence-electron chi connectivity index (χ3n) is 3.44. The van der Waals surface area contributed by atoms with E-state index in [1.165, 1.54) is 30.3 Å². The van der Waals surface area contributed by atoms with E-state index >= 15 is 0 Å². The topological polar surface area (TPSA) is 121 Å². The Morgan fingerprint density at radius 1 is 1.00 bits per heavy atom. The fourth-order valence-electron chi connectivity index (χ4n) is 2.39. The summed E-state index contributed by atoms with van der Waals surface area (Å²) in [4.78, 5) is 46.7. The van der Waals surface area contributed by atoms with Crippen LogP contribution in [-0.4, -0.2) is 22.7 Å². The number of amides is 2. The van der Waals surface area contributed by atoms with Gasteiger partial charge in [0.25, 0.3) is 17.5 Å². The molecular weight excluding hydrogens is 304 g/mol. The molecule has 0 saturated carbocycles. The van der Waals surface area contributed by atoms with Crippen molar-refractivity contribution >= 4 is 29.2 Å². The molecule has 8 heteroatoms. The summed E-state index contributed by atoms with van der Waals surface area (Å²) in [5.74, 6) is -3.05. The molecule has 0 unspecified atom stereocenters. The first-order valence-corrected chi connectivity index (χ1v) is 6.39. The van der Waals surface area contributed by atoms with Gasteiger partial charge in [-0.1, -0.05) is 18.2 Å². The van der Waals surface area contributed by atoms with Gasteiger partial charge in [-0.3, -0.25) is 19.7 Å². The summed E-state index contributed by atoms with van der Waals surface area (Å²) in [6.45, 7) is 0. The lowest BCUT2D eigenvalue weighted by Crippen LogP contribution is -2.30. The Labute approximate surface area is 128 Å². The average molecular weight is 311 g/mol. The van der Waals surface area contributed by atoms with E-state index in [0.717, 1.165) is 12.1 Å². The molecule has 23 heavy (non-hydrogen) atoms. The summed E-state index contributed by atoms with van der Waals surface area (Å²) in [5, 5.41) is 22.0. The summed E-state index contributed by atoms with van der Waals surface area (Å²) in [6, 6.07) is 8.68. The largest absolute Gasteiger partial charge is 0.545 e. The normalized spacial score (nSPS) is 13.1. The number of carboxylic acid groups (broad SMARTS) is 1. The Morgan fingerprint density at radius 2 is 1.65 bits per heavy atom. The van der Waals surface area contributed by atoms with Gasteiger partial charge < -0.3 is 9.90 Å². The molecule has 114 valence electrons. The second-order valence-corrected chi connectivity index (χ2v) is 4.74. The highest BCUT2D eigenvalue weighted by atomic mass is 16.6. The predicted molar refractivity (Wildman–Crippen MR) is 75.0 cm³/mol. The maximum atomic E-state index is 12.4. The third kappa shape index (κ3) is 2.13. The number of aromatic carboxylic acids is 1. The number of imide groups is 1. The number of para-hydroxylation sites is 2. The number of benzene rings is 2. The molecule has 2 aromatic carbocycles. The number of carbonyl (C=O) groups is 3. The van der Waals surface area contributed by atoms with E-state index in [1.54, 1.807) is 0 Å². The van der Waals surface area contributed by atoms with Crippen molar-refractivity contribution in [2.45, 2.75) is 0 Å². The van der Waals surface area contributed by atoms with Gasteiger partial charge in [-0.15, -0.1) is 0 Å². The Hall–Kier alpha value is -3.55. The molecule has 0 bridgehead atoms. The molecule has 2 aromatic rings. The lowest BCUT2D eigenvalue weighted by Gasteiger charge is -2.13. The van der Waals surface area contributed by atoms with Crippen molar-refractivity contribution in [1.82, 2.24) is 0 Å². The van der Waals surface area contributed by atoms with Gasteiger partial charge in [0, 0.05) is 6.07 Å². The molecular formula is C15H7N2O6-. The molecule has 0 fully saturated rings.